The summed E-state index contributed by atoms with van der Waals surface area (Å²) in [6, 6.07) is 0. The van der Waals surface area contributed by atoms with Crippen molar-refractivity contribution in [2.24, 2.45) is 5.92 Å². The van der Waals surface area contributed by atoms with Crippen LogP contribution in [0, 0.1) is 5.92 Å². The molecule has 0 saturated carbocycles. The lowest BCUT2D eigenvalue weighted by atomic mass is 9.88. The molecule has 2 aliphatic rings. The van der Waals surface area contributed by atoms with Crippen molar-refractivity contribution in [3.8, 4) is 0 Å². The summed E-state index contributed by atoms with van der Waals surface area (Å²) >= 11 is 1.46. The molecule has 1 atom stereocenters. The molecular weight excluding hydrogens is 356 g/mol. The van der Waals surface area contributed by atoms with Crippen molar-refractivity contribution in [1.82, 2.24) is 4.90 Å². The average molecular weight is 380 g/mol. The Kier molecular flexibility index (Phi) is 5.93. The van der Waals surface area contributed by atoms with Crippen LogP contribution in [0.15, 0.2) is 0 Å². The number of thiophene rings is 1. The van der Waals surface area contributed by atoms with Gasteiger partial charge in [-0.2, -0.15) is 0 Å². The predicted molar refractivity (Wildman–Crippen MR) is 97.7 cm³/mol. The van der Waals surface area contributed by atoms with Gasteiger partial charge in [0.2, 0.25) is 5.91 Å². The number of amides is 2. The van der Waals surface area contributed by atoms with Crippen molar-refractivity contribution >= 4 is 34.1 Å². The SMILES string of the molecule is C[C@@H]1CCc2c(sc(NC(=O)CCC(=O)O)c2C(=O)N2CCOCC2)C1. The highest BCUT2D eigenvalue weighted by atomic mass is 32.1. The lowest BCUT2D eigenvalue weighted by Crippen LogP contribution is -2.41. The van der Waals surface area contributed by atoms with Crippen LogP contribution in [-0.2, 0) is 27.2 Å². The summed E-state index contributed by atoms with van der Waals surface area (Å²) in [4.78, 5) is 38.9. The topological polar surface area (TPSA) is 95.9 Å². The van der Waals surface area contributed by atoms with E-state index in [-0.39, 0.29) is 24.7 Å². The Balaban J connectivity index is 1.86. The van der Waals surface area contributed by atoms with Crippen molar-refractivity contribution in [1.29, 1.82) is 0 Å². The molecule has 2 amide bonds. The van der Waals surface area contributed by atoms with Gasteiger partial charge in [-0.25, -0.2) is 0 Å². The third-order valence-corrected chi connectivity index (χ3v) is 6.01. The van der Waals surface area contributed by atoms with Crippen molar-refractivity contribution in [3.63, 3.8) is 0 Å². The van der Waals surface area contributed by atoms with E-state index in [0.29, 0.717) is 42.8 Å². The molecule has 1 fully saturated rings. The molecule has 0 bridgehead atoms. The smallest absolute Gasteiger partial charge is 0.303 e. The van der Waals surface area contributed by atoms with Gasteiger partial charge in [0, 0.05) is 24.4 Å². The highest BCUT2D eigenvalue weighted by Crippen LogP contribution is 2.40. The van der Waals surface area contributed by atoms with Crippen LogP contribution in [0.4, 0.5) is 5.00 Å². The van der Waals surface area contributed by atoms with Crippen LogP contribution in [0.25, 0.3) is 0 Å². The molecule has 142 valence electrons. The third kappa shape index (κ3) is 4.24. The zero-order chi connectivity index (χ0) is 18.7. The lowest BCUT2D eigenvalue weighted by Gasteiger charge is -2.28. The zero-order valence-corrected chi connectivity index (χ0v) is 15.7. The first-order chi connectivity index (χ1) is 12.5. The number of carbonyl (C=O) groups excluding carboxylic acids is 2. The van der Waals surface area contributed by atoms with Crippen LogP contribution < -0.4 is 5.32 Å². The third-order valence-electron chi connectivity index (χ3n) is 4.84. The van der Waals surface area contributed by atoms with E-state index in [9.17, 15) is 14.4 Å². The molecule has 1 aromatic rings. The summed E-state index contributed by atoms with van der Waals surface area (Å²) in [5.74, 6) is -0.879. The minimum Gasteiger partial charge on any atom is -0.481 e. The van der Waals surface area contributed by atoms with Crippen molar-refractivity contribution in [2.75, 3.05) is 31.6 Å². The van der Waals surface area contributed by atoms with E-state index in [1.807, 2.05) is 0 Å². The number of hydrogen-bond acceptors (Lipinski definition) is 5. The predicted octanol–water partition coefficient (Wildman–Crippen LogP) is 2.15. The van der Waals surface area contributed by atoms with Gasteiger partial charge in [0.1, 0.15) is 5.00 Å². The summed E-state index contributed by atoms with van der Waals surface area (Å²) in [6.45, 7) is 4.33. The maximum absolute atomic E-state index is 13.1. The second-order valence-electron chi connectivity index (χ2n) is 6.90. The van der Waals surface area contributed by atoms with Gasteiger partial charge in [-0.1, -0.05) is 6.92 Å². The zero-order valence-electron chi connectivity index (χ0n) is 14.9. The molecule has 8 heteroatoms. The van der Waals surface area contributed by atoms with Gasteiger partial charge in [0.25, 0.3) is 5.91 Å². The molecular formula is C18H24N2O5S. The molecule has 0 spiro atoms. The number of anilines is 1. The van der Waals surface area contributed by atoms with E-state index < -0.39 is 5.97 Å². The summed E-state index contributed by atoms with van der Waals surface area (Å²) in [7, 11) is 0. The van der Waals surface area contributed by atoms with Gasteiger partial charge in [0.05, 0.1) is 25.2 Å². The number of rotatable bonds is 5. The highest BCUT2D eigenvalue weighted by molar-refractivity contribution is 7.17. The van der Waals surface area contributed by atoms with E-state index in [4.69, 9.17) is 9.84 Å². The Labute approximate surface area is 156 Å². The molecule has 0 aromatic carbocycles. The molecule has 0 unspecified atom stereocenters. The molecule has 26 heavy (non-hydrogen) atoms. The van der Waals surface area contributed by atoms with Gasteiger partial charge < -0.3 is 20.1 Å². The van der Waals surface area contributed by atoms with Crippen LogP contribution in [0.2, 0.25) is 0 Å². The van der Waals surface area contributed by atoms with Gasteiger partial charge in [0.15, 0.2) is 0 Å². The van der Waals surface area contributed by atoms with E-state index in [1.165, 1.54) is 11.3 Å². The molecule has 3 rings (SSSR count). The van der Waals surface area contributed by atoms with E-state index in [1.54, 1.807) is 4.90 Å². The van der Waals surface area contributed by atoms with E-state index in [2.05, 4.69) is 12.2 Å². The van der Waals surface area contributed by atoms with Crippen LogP contribution in [0.1, 0.15) is 47.0 Å². The first-order valence-electron chi connectivity index (χ1n) is 8.99. The van der Waals surface area contributed by atoms with Gasteiger partial charge >= 0.3 is 5.97 Å². The quantitative estimate of drug-likeness (QED) is 0.816. The summed E-state index contributed by atoms with van der Waals surface area (Å²) < 4.78 is 5.33. The number of aliphatic carboxylic acids is 1. The fourth-order valence-corrected chi connectivity index (χ4v) is 4.82. The Bertz CT molecular complexity index is 709. The first kappa shape index (κ1) is 18.8. The van der Waals surface area contributed by atoms with Gasteiger partial charge in [-0.15, -0.1) is 11.3 Å². The number of nitrogens with one attached hydrogen (secondary N) is 1. The standard InChI is InChI=1S/C18H24N2O5S/c1-11-2-3-12-13(10-11)26-17(19-14(21)4-5-15(22)23)16(12)18(24)20-6-8-25-9-7-20/h11H,2-10H2,1H3,(H,19,21)(H,22,23)/t11-/m1/s1. The first-order valence-corrected chi connectivity index (χ1v) is 9.80. The lowest BCUT2D eigenvalue weighted by molar-refractivity contribution is -0.138. The number of morpholine rings is 1. The number of hydrogen-bond donors (Lipinski definition) is 2. The minimum absolute atomic E-state index is 0.0612. The van der Waals surface area contributed by atoms with Crippen LogP contribution in [0.3, 0.4) is 0 Å². The molecule has 7 nitrogen and oxygen atoms in total. The number of carboxylic acid groups (broad SMARTS) is 1. The number of carboxylic acids is 1. The summed E-state index contributed by atoms with van der Waals surface area (Å²) in [5.41, 5.74) is 1.65. The Morgan fingerprint density at radius 2 is 2.00 bits per heavy atom. The molecule has 2 N–H and O–H groups in total. The number of ether oxygens (including phenoxy) is 1. The summed E-state index contributed by atoms with van der Waals surface area (Å²) in [5, 5.41) is 12.1. The number of carbonyl (C=O) groups is 3. The number of fused-ring (bicyclic) bond motifs is 1. The van der Waals surface area contributed by atoms with Crippen LogP contribution in [-0.4, -0.2) is 54.1 Å². The van der Waals surface area contributed by atoms with Crippen LogP contribution in [0.5, 0.6) is 0 Å². The number of nitrogens with zero attached hydrogens (tertiary/aromatic N) is 1. The fourth-order valence-electron chi connectivity index (χ4n) is 3.40. The normalized spacial score (nSPS) is 19.7. The van der Waals surface area contributed by atoms with Gasteiger partial charge in [-0.05, 0) is 30.7 Å². The Morgan fingerprint density at radius 3 is 2.69 bits per heavy atom. The fraction of sp³-hybridized carbons (Fsp3) is 0.611. The maximum atomic E-state index is 13.1. The molecule has 1 aliphatic heterocycles. The average Bonchev–Trinajstić information content (AvgIpc) is 2.96. The second kappa shape index (κ2) is 8.18. The van der Waals surface area contributed by atoms with Crippen LogP contribution >= 0.6 is 11.3 Å². The largest absolute Gasteiger partial charge is 0.481 e. The summed E-state index contributed by atoms with van der Waals surface area (Å²) in [6.07, 6.45) is 2.46. The van der Waals surface area contributed by atoms with Crippen molar-refractivity contribution < 1.29 is 24.2 Å². The van der Waals surface area contributed by atoms with Gasteiger partial charge in [-0.3, -0.25) is 14.4 Å². The molecule has 1 aliphatic carbocycles. The Morgan fingerprint density at radius 1 is 1.27 bits per heavy atom. The maximum Gasteiger partial charge on any atom is 0.303 e. The monoisotopic (exact) mass is 380 g/mol. The molecule has 1 saturated heterocycles. The highest BCUT2D eigenvalue weighted by Gasteiger charge is 2.31. The molecule has 1 aromatic heterocycles. The van der Waals surface area contributed by atoms with Crippen molar-refractivity contribution in [3.05, 3.63) is 16.0 Å². The van der Waals surface area contributed by atoms with Crippen molar-refractivity contribution in [2.45, 2.75) is 39.0 Å². The molecule has 0 radical (unpaired) electrons. The van der Waals surface area contributed by atoms with E-state index >= 15 is 0 Å². The van der Waals surface area contributed by atoms with E-state index in [0.717, 1.165) is 29.7 Å². The second-order valence-corrected chi connectivity index (χ2v) is 8.01. The molecule has 2 heterocycles. The Hall–Kier alpha value is -1.93. The minimum atomic E-state index is -1.01.